The van der Waals surface area contributed by atoms with E-state index in [9.17, 15) is 0 Å². The molecular formula is C37H80O5Si6. The number of benzene rings is 1. The molecule has 0 radical (unpaired) electrons. The van der Waals surface area contributed by atoms with Crippen molar-refractivity contribution in [3.63, 3.8) is 0 Å². The van der Waals surface area contributed by atoms with Gasteiger partial charge in [0.2, 0.25) is 0 Å². The fourth-order valence-corrected chi connectivity index (χ4v) is 24.6. The Kier molecular flexibility index (Phi) is 25.2. The summed E-state index contributed by atoms with van der Waals surface area (Å²) in [6.45, 7) is 27.2. The van der Waals surface area contributed by atoms with Crippen molar-refractivity contribution in [1.82, 2.24) is 0 Å². The van der Waals surface area contributed by atoms with E-state index in [2.05, 4.69) is 89.7 Å². The summed E-state index contributed by atoms with van der Waals surface area (Å²) in [5.41, 5.74) is 0. The highest BCUT2D eigenvalue weighted by Gasteiger charge is 2.42. The van der Waals surface area contributed by atoms with Crippen LogP contribution < -0.4 is 10.4 Å². The molecule has 282 valence electrons. The molecule has 11 heteroatoms. The van der Waals surface area contributed by atoms with Gasteiger partial charge in [-0.15, -0.1) is 0 Å². The molecule has 0 aromatic heterocycles. The Morgan fingerprint density at radius 1 is 0.438 bits per heavy atom. The molecule has 0 amide bonds. The van der Waals surface area contributed by atoms with Gasteiger partial charge in [-0.2, -0.15) is 0 Å². The highest BCUT2D eigenvalue weighted by Crippen LogP contribution is 2.24. The first-order chi connectivity index (χ1) is 22.7. The zero-order valence-corrected chi connectivity index (χ0v) is 40.2. The lowest BCUT2D eigenvalue weighted by Gasteiger charge is -2.35. The summed E-state index contributed by atoms with van der Waals surface area (Å²) in [5.74, 6) is 0. The van der Waals surface area contributed by atoms with Crippen molar-refractivity contribution >= 4 is 62.4 Å². The molecule has 0 aliphatic carbocycles. The van der Waals surface area contributed by atoms with Crippen molar-refractivity contribution in [3.8, 4) is 0 Å². The Morgan fingerprint density at radius 3 is 1.08 bits per heavy atom. The van der Waals surface area contributed by atoms with Gasteiger partial charge in [0.05, 0.1) is 29.4 Å². The molecule has 0 N–H and O–H groups in total. The number of unbranched alkanes of at least 4 members (excludes halogenated alkanes) is 13. The van der Waals surface area contributed by atoms with Crippen LogP contribution in [0.15, 0.2) is 24.3 Å². The van der Waals surface area contributed by atoms with Gasteiger partial charge in [0.15, 0.2) is 27.1 Å². The molecule has 0 bridgehead atoms. The Bertz CT molecular complexity index is 887. The topological polar surface area (TPSA) is 46.2 Å². The maximum Gasteiger partial charge on any atom is 0.468 e. The molecule has 0 saturated carbocycles. The minimum Gasteiger partial charge on any atom is -0.420 e. The minimum atomic E-state index is -2.47. The van der Waals surface area contributed by atoms with E-state index in [-0.39, 0.29) is 0 Å². The molecule has 0 aliphatic heterocycles. The molecule has 5 nitrogen and oxygen atoms in total. The van der Waals surface area contributed by atoms with E-state index in [4.69, 9.17) is 22.1 Å². The number of rotatable bonds is 31. The predicted octanol–water partition coefficient (Wildman–Crippen LogP) is 10.3. The highest BCUT2D eigenvalue weighted by atomic mass is 28.5. The van der Waals surface area contributed by atoms with E-state index in [0.29, 0.717) is 6.61 Å². The minimum absolute atomic E-state index is 0.638. The van der Waals surface area contributed by atoms with E-state index < -0.39 is 52.1 Å². The van der Waals surface area contributed by atoms with Crippen LogP contribution in [0.5, 0.6) is 0 Å². The molecule has 0 spiro atoms. The summed E-state index contributed by atoms with van der Waals surface area (Å²) >= 11 is 0. The van der Waals surface area contributed by atoms with Gasteiger partial charge in [0.1, 0.15) is 0 Å². The van der Waals surface area contributed by atoms with Gasteiger partial charge in [-0.1, -0.05) is 156 Å². The van der Waals surface area contributed by atoms with E-state index in [1.165, 1.54) is 102 Å². The maximum atomic E-state index is 6.57. The maximum absolute atomic E-state index is 6.57. The second kappa shape index (κ2) is 26.1. The molecule has 0 atom stereocenters. The zero-order chi connectivity index (χ0) is 35.9. The molecule has 0 fully saturated rings. The van der Waals surface area contributed by atoms with Crippen LogP contribution in [-0.4, -0.2) is 65.3 Å². The van der Waals surface area contributed by atoms with Crippen molar-refractivity contribution < 1.29 is 22.1 Å². The van der Waals surface area contributed by atoms with Crippen LogP contribution >= 0.6 is 0 Å². The summed E-state index contributed by atoms with van der Waals surface area (Å²) < 4.78 is 19.7. The van der Waals surface area contributed by atoms with Gasteiger partial charge in [-0.3, -0.25) is 0 Å². The summed E-state index contributed by atoms with van der Waals surface area (Å²) in [5, 5.41) is 3.30. The summed E-state index contributed by atoms with van der Waals surface area (Å²) in [6.07, 6.45) is 19.9. The lowest BCUT2D eigenvalue weighted by atomic mass is 10.1. The third-order valence-corrected chi connectivity index (χ3v) is 27.4. The standard InChI is InChI=1S/C37H80O5Si6/c1-12-38-39-32-24-20-16-14-13-15-17-21-25-33-46(8,9)36-28-30-37(31-29-36)47(10,11)34-26-22-18-19-23-27-35-48(40-43(2)3,41-44(4)5)42-45(6)7/h28-31,43-45H,12-27,32-35H2,1-11H3. The first kappa shape index (κ1) is 46.3. The Hall–Kier alpha value is 0.321. The Labute approximate surface area is 307 Å². The molecule has 1 rings (SSSR count). The summed E-state index contributed by atoms with van der Waals surface area (Å²) in [4.78, 5) is 10.0. The second-order valence-corrected chi connectivity index (χ2v) is 37.0. The molecule has 0 unspecified atom stereocenters. The fourth-order valence-electron chi connectivity index (χ4n) is 6.72. The van der Waals surface area contributed by atoms with E-state index in [1.807, 2.05) is 6.92 Å². The highest BCUT2D eigenvalue weighted by molar-refractivity contribution is 6.91. The van der Waals surface area contributed by atoms with Gasteiger partial charge in [-0.25, -0.2) is 9.78 Å². The van der Waals surface area contributed by atoms with Crippen molar-refractivity contribution in [2.75, 3.05) is 13.2 Å². The molecular weight excluding hydrogens is 693 g/mol. The van der Waals surface area contributed by atoms with Gasteiger partial charge in [0.25, 0.3) is 0 Å². The first-order valence-corrected chi connectivity index (χ1v) is 36.8. The molecule has 0 saturated heterocycles. The summed E-state index contributed by atoms with van der Waals surface area (Å²) in [6, 6.07) is 13.9. The monoisotopic (exact) mass is 772 g/mol. The van der Waals surface area contributed by atoms with Gasteiger partial charge in [-0.05, 0) is 59.0 Å². The van der Waals surface area contributed by atoms with Gasteiger partial charge >= 0.3 is 8.80 Å². The van der Waals surface area contributed by atoms with E-state index in [0.717, 1.165) is 19.1 Å². The molecule has 1 aromatic carbocycles. The van der Waals surface area contributed by atoms with Gasteiger partial charge < -0.3 is 12.3 Å². The van der Waals surface area contributed by atoms with Crippen LogP contribution in [0.25, 0.3) is 0 Å². The normalized spacial score (nSPS) is 13.0. The van der Waals surface area contributed by atoms with Gasteiger partial charge in [0, 0.05) is 6.04 Å². The van der Waals surface area contributed by atoms with Crippen LogP contribution in [-0.2, 0) is 22.1 Å². The molecule has 1 aromatic rings. The third-order valence-electron chi connectivity index (χ3n) is 9.46. The first-order valence-electron chi connectivity index (χ1n) is 20.1. The molecule has 0 heterocycles. The quantitative estimate of drug-likeness (QED) is 0.0326. The lowest BCUT2D eigenvalue weighted by Crippen LogP contribution is -2.53. The van der Waals surface area contributed by atoms with Crippen molar-refractivity contribution in [2.24, 2.45) is 0 Å². The van der Waals surface area contributed by atoms with Crippen LogP contribution in [0.4, 0.5) is 0 Å². The third kappa shape index (κ3) is 21.6. The van der Waals surface area contributed by atoms with Crippen LogP contribution in [0.2, 0.25) is 83.6 Å². The largest absolute Gasteiger partial charge is 0.468 e. The zero-order valence-electron chi connectivity index (χ0n) is 33.7. The van der Waals surface area contributed by atoms with Crippen LogP contribution in [0, 0.1) is 0 Å². The van der Waals surface area contributed by atoms with Crippen molar-refractivity contribution in [1.29, 1.82) is 0 Å². The van der Waals surface area contributed by atoms with Crippen molar-refractivity contribution in [2.45, 2.75) is 187 Å². The fraction of sp³-hybridized carbons (Fsp3) is 0.838. The molecule has 48 heavy (non-hydrogen) atoms. The average Bonchev–Trinajstić information content (AvgIpc) is 2.99. The van der Waals surface area contributed by atoms with Crippen molar-refractivity contribution in [3.05, 3.63) is 24.3 Å². The molecule has 0 aliphatic rings. The Balaban J connectivity index is 2.32. The average molecular weight is 774 g/mol. The van der Waals surface area contributed by atoms with E-state index in [1.54, 1.807) is 10.4 Å². The lowest BCUT2D eigenvalue weighted by molar-refractivity contribution is -0.291. The SMILES string of the molecule is CCOOCCCCCCCCCCC[Si](C)(C)c1ccc([Si](C)(C)CCCCCCCC[Si](O[SiH](C)C)(O[SiH](C)C)O[SiH](C)C)cc1. The number of hydrogen-bond acceptors (Lipinski definition) is 5. The Morgan fingerprint density at radius 2 is 0.750 bits per heavy atom. The van der Waals surface area contributed by atoms with Crippen LogP contribution in [0.1, 0.15) is 103 Å². The van der Waals surface area contributed by atoms with Crippen LogP contribution in [0.3, 0.4) is 0 Å². The second-order valence-electron chi connectivity index (χ2n) is 16.3. The predicted molar refractivity (Wildman–Crippen MR) is 228 cm³/mol. The smallest absolute Gasteiger partial charge is 0.420 e. The number of hydrogen-bond donors (Lipinski definition) is 0. The summed E-state index contributed by atoms with van der Waals surface area (Å²) in [7, 11) is -8.84. The van der Waals surface area contributed by atoms with E-state index >= 15 is 0 Å².